The number of carboxylic acid groups (broad SMARTS) is 2. The zero-order valence-corrected chi connectivity index (χ0v) is 10.7. The lowest BCUT2D eigenvalue weighted by atomic mass is 10.2. The van der Waals surface area contributed by atoms with Crippen molar-refractivity contribution in [2.24, 2.45) is 0 Å². The average molecular weight is 289 g/mol. The van der Waals surface area contributed by atoms with Gasteiger partial charge in [0.05, 0.1) is 16.1 Å². The number of nitro benzene ring substituents is 1. The lowest BCUT2D eigenvalue weighted by molar-refractivity contribution is -0.384. The Balaban J connectivity index is 0.000000219. The fraction of sp³-hybridized carbons (Fsp3) is 0. The van der Waals surface area contributed by atoms with Gasteiger partial charge in [0.2, 0.25) is 0 Å². The van der Waals surface area contributed by atoms with E-state index in [0.717, 1.165) is 6.07 Å². The molecule has 0 radical (unpaired) electrons. The molecule has 0 bridgehead atoms. The zero-order chi connectivity index (χ0) is 15.8. The predicted octanol–water partition coefficient (Wildman–Crippen LogP) is 2.68. The van der Waals surface area contributed by atoms with Gasteiger partial charge in [0.1, 0.15) is 0 Å². The van der Waals surface area contributed by atoms with Crippen LogP contribution in [0.4, 0.5) is 5.69 Å². The summed E-state index contributed by atoms with van der Waals surface area (Å²) in [6, 6.07) is 13.2. The van der Waals surface area contributed by atoms with E-state index < -0.39 is 16.9 Å². The van der Waals surface area contributed by atoms with E-state index in [9.17, 15) is 19.7 Å². The van der Waals surface area contributed by atoms with Crippen LogP contribution in [0.5, 0.6) is 0 Å². The van der Waals surface area contributed by atoms with E-state index in [2.05, 4.69) is 0 Å². The summed E-state index contributed by atoms with van der Waals surface area (Å²) in [5, 5.41) is 27.0. The van der Waals surface area contributed by atoms with Gasteiger partial charge in [-0.2, -0.15) is 0 Å². The first-order valence-electron chi connectivity index (χ1n) is 5.68. The Morgan fingerprint density at radius 2 is 1.38 bits per heavy atom. The molecule has 2 aromatic rings. The molecule has 2 aromatic carbocycles. The number of rotatable bonds is 3. The number of carbonyl (C=O) groups is 2. The Bertz CT molecular complexity index is 624. The van der Waals surface area contributed by atoms with Crippen LogP contribution in [-0.4, -0.2) is 27.1 Å². The third-order valence-electron chi connectivity index (χ3n) is 2.32. The summed E-state index contributed by atoms with van der Waals surface area (Å²) in [7, 11) is 0. The third kappa shape index (κ3) is 5.11. The standard InChI is InChI=1S/C7H5NO4.C7H6O2/c9-7(10)5-2-1-3-6(4-5)8(11)12;8-7(9)6-4-2-1-3-5-6/h1-4H,(H,9,10);1-5H,(H,8,9). The van der Waals surface area contributed by atoms with E-state index in [1.54, 1.807) is 30.3 Å². The summed E-state index contributed by atoms with van der Waals surface area (Å²) in [4.78, 5) is 30.1. The summed E-state index contributed by atoms with van der Waals surface area (Å²) >= 11 is 0. The van der Waals surface area contributed by atoms with E-state index in [0.29, 0.717) is 5.56 Å². The number of carboxylic acids is 2. The molecule has 0 atom stereocenters. The quantitative estimate of drug-likeness (QED) is 0.662. The highest BCUT2D eigenvalue weighted by molar-refractivity contribution is 5.88. The molecule has 0 saturated carbocycles. The summed E-state index contributed by atoms with van der Waals surface area (Å²) in [6.07, 6.45) is 0. The van der Waals surface area contributed by atoms with Crippen LogP contribution in [0, 0.1) is 10.1 Å². The largest absolute Gasteiger partial charge is 0.478 e. The molecule has 7 nitrogen and oxygen atoms in total. The van der Waals surface area contributed by atoms with Gasteiger partial charge in [-0.1, -0.05) is 24.3 Å². The Kier molecular flexibility index (Phi) is 5.57. The van der Waals surface area contributed by atoms with Gasteiger partial charge in [-0.15, -0.1) is 0 Å². The molecule has 0 unspecified atom stereocenters. The summed E-state index contributed by atoms with van der Waals surface area (Å²) < 4.78 is 0. The van der Waals surface area contributed by atoms with Crippen LogP contribution in [0.3, 0.4) is 0 Å². The van der Waals surface area contributed by atoms with E-state index in [1.807, 2.05) is 0 Å². The van der Waals surface area contributed by atoms with E-state index in [1.165, 1.54) is 18.2 Å². The first kappa shape index (κ1) is 15.8. The summed E-state index contributed by atoms with van der Waals surface area (Å²) in [5.41, 5.74) is 0.0385. The van der Waals surface area contributed by atoms with Crippen molar-refractivity contribution in [1.29, 1.82) is 0 Å². The lowest BCUT2D eigenvalue weighted by Gasteiger charge is -1.92. The van der Waals surface area contributed by atoms with Crippen molar-refractivity contribution in [3.05, 3.63) is 75.8 Å². The second kappa shape index (κ2) is 7.39. The molecule has 0 aliphatic heterocycles. The fourth-order valence-corrected chi connectivity index (χ4v) is 1.33. The van der Waals surface area contributed by atoms with Crippen molar-refractivity contribution in [3.8, 4) is 0 Å². The molecule has 0 saturated heterocycles. The number of benzene rings is 2. The minimum atomic E-state index is -1.17. The smallest absolute Gasteiger partial charge is 0.335 e. The lowest BCUT2D eigenvalue weighted by Crippen LogP contribution is -1.97. The maximum Gasteiger partial charge on any atom is 0.335 e. The summed E-state index contributed by atoms with van der Waals surface area (Å²) in [5.74, 6) is -2.05. The molecular weight excluding hydrogens is 278 g/mol. The van der Waals surface area contributed by atoms with Crippen molar-refractivity contribution in [1.82, 2.24) is 0 Å². The second-order valence-corrected chi connectivity index (χ2v) is 3.78. The SMILES string of the molecule is O=C(O)c1cccc([N+](=O)[O-])c1.O=C(O)c1ccccc1. The van der Waals surface area contributed by atoms with Gasteiger partial charge < -0.3 is 10.2 Å². The van der Waals surface area contributed by atoms with Crippen molar-refractivity contribution in [2.45, 2.75) is 0 Å². The van der Waals surface area contributed by atoms with E-state index >= 15 is 0 Å². The van der Waals surface area contributed by atoms with Crippen LogP contribution in [-0.2, 0) is 0 Å². The highest BCUT2D eigenvalue weighted by Crippen LogP contribution is 2.12. The number of nitrogens with zero attached hydrogens (tertiary/aromatic N) is 1. The van der Waals surface area contributed by atoms with E-state index in [-0.39, 0.29) is 11.3 Å². The van der Waals surface area contributed by atoms with Gasteiger partial charge in [-0.3, -0.25) is 10.1 Å². The fourth-order valence-electron chi connectivity index (χ4n) is 1.33. The van der Waals surface area contributed by atoms with Gasteiger partial charge in [0.25, 0.3) is 5.69 Å². The van der Waals surface area contributed by atoms with Crippen molar-refractivity contribution in [2.75, 3.05) is 0 Å². The number of hydrogen-bond donors (Lipinski definition) is 2. The molecule has 0 spiro atoms. The molecular formula is C14H11NO6. The van der Waals surface area contributed by atoms with Crippen LogP contribution in [0.15, 0.2) is 54.6 Å². The van der Waals surface area contributed by atoms with Crippen LogP contribution in [0.25, 0.3) is 0 Å². The van der Waals surface area contributed by atoms with Crippen LogP contribution >= 0.6 is 0 Å². The first-order valence-corrected chi connectivity index (χ1v) is 5.68. The average Bonchev–Trinajstić information content (AvgIpc) is 2.49. The van der Waals surface area contributed by atoms with Crippen molar-refractivity contribution >= 4 is 17.6 Å². The Labute approximate surface area is 119 Å². The van der Waals surface area contributed by atoms with Crippen molar-refractivity contribution < 1.29 is 24.7 Å². The topological polar surface area (TPSA) is 118 Å². The normalized spacial score (nSPS) is 9.14. The first-order chi connectivity index (χ1) is 9.91. The van der Waals surface area contributed by atoms with Gasteiger partial charge in [-0.25, -0.2) is 9.59 Å². The monoisotopic (exact) mass is 289 g/mol. The molecule has 0 aliphatic carbocycles. The van der Waals surface area contributed by atoms with Gasteiger partial charge in [0.15, 0.2) is 0 Å². The number of hydrogen-bond acceptors (Lipinski definition) is 4. The molecule has 0 aliphatic rings. The predicted molar refractivity (Wildman–Crippen MR) is 73.5 cm³/mol. The van der Waals surface area contributed by atoms with Crippen LogP contribution in [0.1, 0.15) is 20.7 Å². The molecule has 0 heterocycles. The molecule has 0 fully saturated rings. The molecule has 2 rings (SSSR count). The second-order valence-electron chi connectivity index (χ2n) is 3.78. The molecule has 21 heavy (non-hydrogen) atoms. The Hall–Kier alpha value is -3.22. The van der Waals surface area contributed by atoms with Crippen LogP contribution in [0.2, 0.25) is 0 Å². The number of nitro groups is 1. The van der Waals surface area contributed by atoms with Gasteiger partial charge in [-0.05, 0) is 18.2 Å². The maximum absolute atomic E-state index is 10.4. The molecule has 0 amide bonds. The van der Waals surface area contributed by atoms with Gasteiger partial charge in [0, 0.05) is 12.1 Å². The molecule has 0 aromatic heterocycles. The Morgan fingerprint density at radius 1 is 0.857 bits per heavy atom. The van der Waals surface area contributed by atoms with Gasteiger partial charge >= 0.3 is 11.9 Å². The molecule has 7 heteroatoms. The molecule has 2 N–H and O–H groups in total. The molecule has 108 valence electrons. The number of non-ortho nitro benzene ring substituents is 1. The Morgan fingerprint density at radius 3 is 1.81 bits per heavy atom. The van der Waals surface area contributed by atoms with E-state index in [4.69, 9.17) is 10.2 Å². The zero-order valence-electron chi connectivity index (χ0n) is 10.7. The highest BCUT2D eigenvalue weighted by atomic mass is 16.6. The number of aromatic carboxylic acids is 2. The van der Waals surface area contributed by atoms with Crippen LogP contribution < -0.4 is 0 Å². The minimum absolute atomic E-state index is 0.0794. The minimum Gasteiger partial charge on any atom is -0.478 e. The third-order valence-corrected chi connectivity index (χ3v) is 2.32. The highest BCUT2D eigenvalue weighted by Gasteiger charge is 2.09. The maximum atomic E-state index is 10.4. The van der Waals surface area contributed by atoms with Crippen molar-refractivity contribution in [3.63, 3.8) is 0 Å². The summed E-state index contributed by atoms with van der Waals surface area (Å²) in [6.45, 7) is 0.